The van der Waals surface area contributed by atoms with Crippen LogP contribution >= 0.6 is 23.2 Å². The van der Waals surface area contributed by atoms with Crippen LogP contribution in [0.5, 0.6) is 0 Å². The molecule has 0 nitrogen and oxygen atoms in total. The maximum Gasteiger partial charge on any atom is 0.168 e. The summed E-state index contributed by atoms with van der Waals surface area (Å²) in [7, 11) is 0. The van der Waals surface area contributed by atoms with Gasteiger partial charge in [0.25, 0.3) is 0 Å². The van der Waals surface area contributed by atoms with Crippen LogP contribution in [0.4, 0.5) is 4.39 Å². The van der Waals surface area contributed by atoms with Crippen LogP contribution in [0.25, 0.3) is 0 Å². The SMILES string of the molecule is Cc1ccccc1C(Cl)(Cl)c1cccc(F)c1. The molecule has 0 aliphatic carbocycles. The molecule has 0 amide bonds. The van der Waals surface area contributed by atoms with Gasteiger partial charge in [-0.2, -0.15) is 0 Å². The molecule has 0 unspecified atom stereocenters. The average molecular weight is 269 g/mol. The van der Waals surface area contributed by atoms with E-state index in [4.69, 9.17) is 23.2 Å². The molecule has 0 spiro atoms. The Morgan fingerprint density at radius 1 is 1.00 bits per heavy atom. The Labute approximate surface area is 110 Å². The zero-order valence-electron chi connectivity index (χ0n) is 9.25. The monoisotopic (exact) mass is 268 g/mol. The van der Waals surface area contributed by atoms with E-state index in [0.717, 1.165) is 11.1 Å². The Bertz CT molecular complexity index is 535. The normalized spacial score (nSPS) is 11.5. The highest BCUT2D eigenvalue weighted by atomic mass is 35.5. The van der Waals surface area contributed by atoms with Crippen molar-refractivity contribution >= 4 is 23.2 Å². The molecular weight excluding hydrogens is 258 g/mol. The number of aryl methyl sites for hydroxylation is 1. The van der Waals surface area contributed by atoms with Gasteiger partial charge >= 0.3 is 0 Å². The Morgan fingerprint density at radius 3 is 2.35 bits per heavy atom. The second kappa shape index (κ2) is 4.67. The molecule has 0 radical (unpaired) electrons. The smallest absolute Gasteiger partial charge is 0.168 e. The molecular formula is C14H11Cl2F. The molecule has 0 aromatic heterocycles. The molecule has 0 aliphatic rings. The summed E-state index contributed by atoms with van der Waals surface area (Å²) in [6.07, 6.45) is 0. The molecule has 2 aromatic carbocycles. The van der Waals surface area contributed by atoms with Crippen LogP contribution in [-0.2, 0) is 4.33 Å². The van der Waals surface area contributed by atoms with Gasteiger partial charge in [-0.05, 0) is 35.7 Å². The van der Waals surface area contributed by atoms with Gasteiger partial charge in [-0.15, -0.1) is 0 Å². The van der Waals surface area contributed by atoms with Crippen LogP contribution in [0.1, 0.15) is 16.7 Å². The molecule has 0 saturated carbocycles. The maximum atomic E-state index is 13.2. The van der Waals surface area contributed by atoms with E-state index in [-0.39, 0.29) is 5.82 Å². The molecule has 0 saturated heterocycles. The van der Waals surface area contributed by atoms with Gasteiger partial charge in [-0.3, -0.25) is 0 Å². The average Bonchev–Trinajstić information content (AvgIpc) is 2.29. The topological polar surface area (TPSA) is 0 Å². The first-order chi connectivity index (χ1) is 8.01. The second-order valence-electron chi connectivity index (χ2n) is 3.90. The minimum atomic E-state index is -1.23. The van der Waals surface area contributed by atoms with Crippen LogP contribution in [-0.4, -0.2) is 0 Å². The summed E-state index contributed by atoms with van der Waals surface area (Å²) in [6.45, 7) is 1.92. The van der Waals surface area contributed by atoms with Crippen LogP contribution in [0, 0.1) is 12.7 Å². The first kappa shape index (κ1) is 12.4. The minimum absolute atomic E-state index is 0.346. The van der Waals surface area contributed by atoms with Crippen molar-refractivity contribution in [2.75, 3.05) is 0 Å². The van der Waals surface area contributed by atoms with E-state index in [2.05, 4.69) is 0 Å². The Balaban J connectivity index is 2.53. The maximum absolute atomic E-state index is 13.2. The summed E-state index contributed by atoms with van der Waals surface area (Å²) in [5, 5.41) is 0. The number of alkyl halides is 2. The number of halogens is 3. The predicted molar refractivity (Wildman–Crippen MR) is 70.1 cm³/mol. The lowest BCUT2D eigenvalue weighted by Gasteiger charge is -2.22. The van der Waals surface area contributed by atoms with Crippen LogP contribution < -0.4 is 0 Å². The fourth-order valence-electron chi connectivity index (χ4n) is 1.76. The van der Waals surface area contributed by atoms with Crippen LogP contribution in [0.2, 0.25) is 0 Å². The first-order valence-corrected chi connectivity index (χ1v) is 5.97. The van der Waals surface area contributed by atoms with E-state index in [1.807, 2.05) is 31.2 Å². The van der Waals surface area contributed by atoms with E-state index < -0.39 is 4.33 Å². The van der Waals surface area contributed by atoms with Crippen molar-refractivity contribution in [1.82, 2.24) is 0 Å². The zero-order valence-corrected chi connectivity index (χ0v) is 10.8. The van der Waals surface area contributed by atoms with Crippen molar-refractivity contribution in [2.24, 2.45) is 0 Å². The van der Waals surface area contributed by atoms with E-state index >= 15 is 0 Å². The summed E-state index contributed by atoms with van der Waals surface area (Å²) in [4.78, 5) is 0. The van der Waals surface area contributed by atoms with Crippen LogP contribution in [0.15, 0.2) is 48.5 Å². The van der Waals surface area contributed by atoms with Gasteiger partial charge in [0.1, 0.15) is 5.82 Å². The molecule has 17 heavy (non-hydrogen) atoms. The Morgan fingerprint density at radius 2 is 1.71 bits per heavy atom. The third-order valence-electron chi connectivity index (χ3n) is 2.67. The first-order valence-electron chi connectivity index (χ1n) is 5.22. The molecule has 88 valence electrons. The number of hydrogen-bond acceptors (Lipinski definition) is 0. The lowest BCUT2D eigenvalue weighted by molar-refractivity contribution is 0.625. The molecule has 2 rings (SSSR count). The summed E-state index contributed by atoms with van der Waals surface area (Å²) in [6, 6.07) is 13.6. The molecule has 0 aliphatic heterocycles. The lowest BCUT2D eigenvalue weighted by atomic mass is 9.99. The van der Waals surface area contributed by atoms with Crippen molar-refractivity contribution < 1.29 is 4.39 Å². The fourth-order valence-corrected chi connectivity index (χ4v) is 2.42. The largest absolute Gasteiger partial charge is 0.207 e. The lowest BCUT2D eigenvalue weighted by Crippen LogP contribution is -2.14. The molecule has 0 fully saturated rings. The van der Waals surface area contributed by atoms with Gasteiger partial charge in [0.05, 0.1) is 0 Å². The van der Waals surface area contributed by atoms with E-state index in [9.17, 15) is 4.39 Å². The van der Waals surface area contributed by atoms with Crippen molar-refractivity contribution in [3.63, 3.8) is 0 Å². The molecule has 0 bridgehead atoms. The number of hydrogen-bond donors (Lipinski definition) is 0. The van der Waals surface area contributed by atoms with E-state index in [1.54, 1.807) is 12.1 Å². The van der Waals surface area contributed by atoms with Gasteiger partial charge in [-0.25, -0.2) is 4.39 Å². The third-order valence-corrected chi connectivity index (χ3v) is 3.51. The minimum Gasteiger partial charge on any atom is -0.207 e. The highest BCUT2D eigenvalue weighted by Crippen LogP contribution is 2.42. The highest BCUT2D eigenvalue weighted by Gasteiger charge is 2.30. The quantitative estimate of drug-likeness (QED) is 0.686. The van der Waals surface area contributed by atoms with Gasteiger partial charge in [0, 0.05) is 0 Å². The fraction of sp³-hybridized carbons (Fsp3) is 0.143. The summed E-state index contributed by atoms with van der Waals surface area (Å²) in [5.41, 5.74) is 2.28. The Hall–Kier alpha value is -1.05. The molecule has 0 N–H and O–H groups in total. The molecule has 3 heteroatoms. The third kappa shape index (κ3) is 2.46. The van der Waals surface area contributed by atoms with E-state index in [0.29, 0.717) is 5.56 Å². The standard InChI is InChI=1S/C14H11Cl2F/c1-10-5-2-3-8-13(10)14(15,16)11-6-4-7-12(17)9-11/h2-9H,1H3. The summed E-state index contributed by atoms with van der Waals surface area (Å²) < 4.78 is 12.0. The second-order valence-corrected chi connectivity index (χ2v) is 5.23. The molecule has 2 aromatic rings. The Kier molecular flexibility index (Phi) is 3.41. The van der Waals surface area contributed by atoms with Gasteiger partial charge in [-0.1, -0.05) is 59.6 Å². The van der Waals surface area contributed by atoms with Crippen LogP contribution in [0.3, 0.4) is 0 Å². The number of rotatable bonds is 2. The van der Waals surface area contributed by atoms with Gasteiger partial charge in [0.15, 0.2) is 4.33 Å². The number of benzene rings is 2. The zero-order chi connectivity index (χ0) is 12.5. The van der Waals surface area contributed by atoms with Crippen molar-refractivity contribution in [2.45, 2.75) is 11.3 Å². The summed E-state index contributed by atoms with van der Waals surface area (Å²) in [5.74, 6) is -0.346. The summed E-state index contributed by atoms with van der Waals surface area (Å²) >= 11 is 12.7. The van der Waals surface area contributed by atoms with Crippen molar-refractivity contribution in [3.05, 3.63) is 71.0 Å². The van der Waals surface area contributed by atoms with Crippen molar-refractivity contribution in [1.29, 1.82) is 0 Å². The molecule has 0 heterocycles. The predicted octanol–water partition coefficient (Wildman–Crippen LogP) is 4.81. The molecule has 0 atom stereocenters. The van der Waals surface area contributed by atoms with Gasteiger partial charge < -0.3 is 0 Å². The van der Waals surface area contributed by atoms with E-state index in [1.165, 1.54) is 12.1 Å². The van der Waals surface area contributed by atoms with Gasteiger partial charge in [0.2, 0.25) is 0 Å². The van der Waals surface area contributed by atoms with Crippen molar-refractivity contribution in [3.8, 4) is 0 Å². The highest BCUT2D eigenvalue weighted by molar-refractivity contribution is 6.50.